The SMILES string of the molecule is OCC1C[C@@H](n2cnc3c(N[C@H]4CCN(c5ccc(C(F)(F)F)cn5)C4)ncnc32)[C@H](O)C1O. The van der Waals surface area contributed by atoms with Crippen LogP contribution in [0.5, 0.6) is 0 Å². The Morgan fingerprint density at radius 1 is 1.09 bits per heavy atom. The molecular formula is C21H24F3N7O3. The van der Waals surface area contributed by atoms with Gasteiger partial charge >= 0.3 is 6.18 Å². The lowest BCUT2D eigenvalue weighted by atomic mass is 10.1. The molecule has 2 aliphatic rings. The molecule has 1 saturated heterocycles. The predicted octanol–water partition coefficient (Wildman–Crippen LogP) is 1.21. The topological polar surface area (TPSA) is 132 Å². The van der Waals surface area contributed by atoms with Crippen molar-refractivity contribution in [2.45, 2.75) is 43.3 Å². The van der Waals surface area contributed by atoms with E-state index in [0.717, 1.165) is 18.7 Å². The molecule has 34 heavy (non-hydrogen) atoms. The van der Waals surface area contributed by atoms with E-state index >= 15 is 0 Å². The average Bonchev–Trinajstić information content (AvgIpc) is 3.52. The molecule has 0 aromatic carbocycles. The number of aliphatic hydroxyl groups excluding tert-OH is 3. The van der Waals surface area contributed by atoms with Crippen LogP contribution >= 0.6 is 0 Å². The number of hydrogen-bond acceptors (Lipinski definition) is 9. The highest BCUT2D eigenvalue weighted by Gasteiger charge is 2.42. The van der Waals surface area contributed by atoms with Crippen molar-refractivity contribution < 1.29 is 28.5 Å². The quantitative estimate of drug-likeness (QED) is 0.426. The Balaban J connectivity index is 1.31. The first-order valence-corrected chi connectivity index (χ1v) is 11.0. The van der Waals surface area contributed by atoms with Crippen LogP contribution in [-0.2, 0) is 6.18 Å². The Labute approximate surface area is 192 Å². The fourth-order valence-electron chi connectivity index (χ4n) is 4.78. The normalized spacial score (nSPS) is 27.6. The first-order chi connectivity index (χ1) is 16.3. The number of pyridine rings is 1. The number of anilines is 2. The van der Waals surface area contributed by atoms with Crippen molar-refractivity contribution >= 4 is 22.8 Å². The molecule has 13 heteroatoms. The Bertz CT molecular complexity index is 1160. The molecule has 5 atom stereocenters. The smallest absolute Gasteiger partial charge is 0.396 e. The van der Waals surface area contributed by atoms with E-state index in [0.29, 0.717) is 42.3 Å². The fourth-order valence-corrected chi connectivity index (χ4v) is 4.78. The molecule has 0 amide bonds. The fraction of sp³-hybridized carbons (Fsp3) is 0.524. The van der Waals surface area contributed by atoms with Gasteiger partial charge in [0.2, 0.25) is 0 Å². The van der Waals surface area contributed by atoms with Crippen molar-refractivity contribution in [2.75, 3.05) is 29.9 Å². The van der Waals surface area contributed by atoms with Gasteiger partial charge in [-0.15, -0.1) is 0 Å². The summed E-state index contributed by atoms with van der Waals surface area (Å²) in [5.74, 6) is 0.546. The van der Waals surface area contributed by atoms with Crippen molar-refractivity contribution in [2.24, 2.45) is 5.92 Å². The number of rotatable bonds is 5. The summed E-state index contributed by atoms with van der Waals surface area (Å²) in [6, 6.07) is 1.88. The van der Waals surface area contributed by atoms with Crippen molar-refractivity contribution in [3.63, 3.8) is 0 Å². The van der Waals surface area contributed by atoms with Gasteiger partial charge < -0.3 is 30.1 Å². The molecule has 0 bridgehead atoms. The zero-order chi connectivity index (χ0) is 24.0. The summed E-state index contributed by atoms with van der Waals surface area (Å²) in [4.78, 5) is 18.9. The molecule has 1 aliphatic carbocycles. The van der Waals surface area contributed by atoms with Crippen molar-refractivity contribution in [1.82, 2.24) is 24.5 Å². The van der Waals surface area contributed by atoms with Crippen molar-refractivity contribution in [3.8, 4) is 0 Å². The van der Waals surface area contributed by atoms with Gasteiger partial charge in [-0.3, -0.25) is 0 Å². The predicted molar refractivity (Wildman–Crippen MR) is 115 cm³/mol. The molecule has 1 aliphatic heterocycles. The highest BCUT2D eigenvalue weighted by molar-refractivity contribution is 5.83. The summed E-state index contributed by atoms with van der Waals surface area (Å²) >= 11 is 0. The molecular weight excluding hydrogens is 455 g/mol. The minimum atomic E-state index is -4.42. The number of imidazole rings is 1. The number of hydrogen-bond donors (Lipinski definition) is 4. The first-order valence-electron chi connectivity index (χ1n) is 11.0. The number of halogens is 3. The van der Waals surface area contributed by atoms with Gasteiger partial charge in [0.1, 0.15) is 23.8 Å². The summed E-state index contributed by atoms with van der Waals surface area (Å²) in [6.45, 7) is 0.915. The summed E-state index contributed by atoms with van der Waals surface area (Å²) in [5.41, 5.74) is 0.212. The van der Waals surface area contributed by atoms with E-state index in [-0.39, 0.29) is 12.6 Å². The number of aromatic nitrogens is 5. The van der Waals surface area contributed by atoms with E-state index in [1.807, 2.05) is 4.90 Å². The Hall–Kier alpha value is -3.03. The molecule has 5 rings (SSSR count). The molecule has 4 heterocycles. The van der Waals surface area contributed by atoms with Crippen LogP contribution in [0, 0.1) is 5.92 Å². The number of alkyl halides is 3. The third-order valence-corrected chi connectivity index (χ3v) is 6.65. The summed E-state index contributed by atoms with van der Waals surface area (Å²) in [5, 5.41) is 33.4. The maximum absolute atomic E-state index is 12.8. The minimum Gasteiger partial charge on any atom is -0.396 e. The molecule has 182 valence electrons. The first kappa shape index (κ1) is 22.7. The Morgan fingerprint density at radius 2 is 1.91 bits per heavy atom. The standard InChI is InChI=1S/C21H24F3N7O3/c22-21(23,24)12-1-2-15(25-6-12)30-4-3-13(7-30)29-19-16-20(27-9-26-19)31(10-28-16)14-5-11(8-32)17(33)18(14)34/h1-2,6,9-11,13-14,17-18,32-34H,3-5,7-8H2,(H,26,27,29)/t11?,13-,14+,17?,18-/m0/s1. The molecule has 3 aromatic heterocycles. The molecule has 3 aromatic rings. The van der Waals surface area contributed by atoms with Gasteiger partial charge in [0.15, 0.2) is 11.5 Å². The third kappa shape index (κ3) is 4.03. The minimum absolute atomic E-state index is 0.0370. The molecule has 1 saturated carbocycles. The summed E-state index contributed by atoms with van der Waals surface area (Å²) in [6.07, 6.45) is -1.64. The molecule has 0 spiro atoms. The second-order valence-electron chi connectivity index (χ2n) is 8.75. The molecule has 2 unspecified atom stereocenters. The molecule has 4 N–H and O–H groups in total. The summed E-state index contributed by atoms with van der Waals surface area (Å²) in [7, 11) is 0. The van der Waals surface area contributed by atoms with Crippen LogP contribution in [0.15, 0.2) is 31.0 Å². The molecule has 0 radical (unpaired) electrons. The summed E-state index contributed by atoms with van der Waals surface area (Å²) < 4.78 is 40.1. The van der Waals surface area contributed by atoms with Crippen LogP contribution < -0.4 is 10.2 Å². The van der Waals surface area contributed by atoms with E-state index in [1.54, 1.807) is 4.57 Å². The van der Waals surface area contributed by atoms with Gasteiger partial charge in [0, 0.05) is 37.9 Å². The van der Waals surface area contributed by atoms with E-state index < -0.39 is 35.9 Å². The van der Waals surface area contributed by atoms with Crippen LogP contribution in [0.1, 0.15) is 24.4 Å². The van der Waals surface area contributed by atoms with Gasteiger partial charge in [-0.1, -0.05) is 0 Å². The maximum atomic E-state index is 12.8. The van der Waals surface area contributed by atoms with E-state index in [9.17, 15) is 28.5 Å². The van der Waals surface area contributed by atoms with Crippen molar-refractivity contribution in [1.29, 1.82) is 0 Å². The van der Waals surface area contributed by atoms with Crippen LogP contribution in [0.2, 0.25) is 0 Å². The highest BCUT2D eigenvalue weighted by atomic mass is 19.4. The lowest BCUT2D eigenvalue weighted by Gasteiger charge is -2.19. The monoisotopic (exact) mass is 479 g/mol. The lowest BCUT2D eigenvalue weighted by Crippen LogP contribution is -2.30. The second kappa shape index (κ2) is 8.64. The molecule has 2 fully saturated rings. The van der Waals surface area contributed by atoms with E-state index in [1.165, 1.54) is 18.7 Å². The zero-order valence-electron chi connectivity index (χ0n) is 18.0. The molecule has 10 nitrogen and oxygen atoms in total. The number of fused-ring (bicyclic) bond motifs is 1. The highest BCUT2D eigenvalue weighted by Crippen LogP contribution is 2.37. The number of nitrogens with one attached hydrogen (secondary N) is 1. The van der Waals surface area contributed by atoms with Gasteiger partial charge in [0.05, 0.1) is 24.0 Å². The van der Waals surface area contributed by atoms with E-state index in [2.05, 4.69) is 25.3 Å². The number of aliphatic hydroxyl groups is 3. The van der Waals surface area contributed by atoms with Crippen LogP contribution in [-0.4, -0.2) is 77.8 Å². The van der Waals surface area contributed by atoms with Crippen molar-refractivity contribution in [3.05, 3.63) is 36.5 Å². The van der Waals surface area contributed by atoms with Crippen LogP contribution in [0.4, 0.5) is 24.8 Å². The number of nitrogens with zero attached hydrogens (tertiary/aromatic N) is 6. The van der Waals surface area contributed by atoms with Crippen LogP contribution in [0.25, 0.3) is 11.2 Å². The Kier molecular flexibility index (Phi) is 5.78. The second-order valence-corrected chi connectivity index (χ2v) is 8.75. The van der Waals surface area contributed by atoms with Crippen LogP contribution in [0.3, 0.4) is 0 Å². The Morgan fingerprint density at radius 3 is 2.59 bits per heavy atom. The van der Waals surface area contributed by atoms with Gasteiger partial charge in [0.25, 0.3) is 0 Å². The van der Waals surface area contributed by atoms with E-state index in [4.69, 9.17) is 0 Å². The largest absolute Gasteiger partial charge is 0.417 e. The zero-order valence-corrected chi connectivity index (χ0v) is 18.0. The van der Waals surface area contributed by atoms with Gasteiger partial charge in [-0.2, -0.15) is 13.2 Å². The van der Waals surface area contributed by atoms with Gasteiger partial charge in [-0.25, -0.2) is 19.9 Å². The average molecular weight is 479 g/mol. The third-order valence-electron chi connectivity index (χ3n) is 6.65. The maximum Gasteiger partial charge on any atom is 0.417 e. The van der Waals surface area contributed by atoms with Gasteiger partial charge in [-0.05, 0) is 25.0 Å². The lowest BCUT2D eigenvalue weighted by molar-refractivity contribution is -0.137.